The molecule has 0 aliphatic heterocycles. The largest absolute Gasteiger partial charge is 0.393 e. The molecule has 0 aliphatic rings. The van der Waals surface area contributed by atoms with E-state index in [1.165, 1.54) is 6.33 Å². The highest BCUT2D eigenvalue weighted by molar-refractivity contribution is 7.15. The highest BCUT2D eigenvalue weighted by Gasteiger charge is 2.11. The molecule has 0 unspecified atom stereocenters. The molecule has 3 rings (SSSR count). The molecule has 2 heterocycles. The van der Waals surface area contributed by atoms with Crippen molar-refractivity contribution in [2.24, 2.45) is 0 Å². The Morgan fingerprint density at radius 2 is 1.79 bits per heavy atom. The second kappa shape index (κ2) is 6.62. The Morgan fingerprint density at radius 3 is 2.42 bits per heavy atom. The summed E-state index contributed by atoms with van der Waals surface area (Å²) in [6.45, 7) is 5.94. The molecular weight excluding hydrogens is 344 g/mol. The molecule has 3 aromatic rings. The fourth-order valence-corrected chi connectivity index (χ4v) is 3.02. The summed E-state index contributed by atoms with van der Waals surface area (Å²) in [6.07, 6.45) is 1.45. The van der Waals surface area contributed by atoms with E-state index in [0.29, 0.717) is 22.3 Å². The number of halogens is 1. The second-order valence-electron chi connectivity index (χ2n) is 5.36. The number of thiazole rings is 1. The van der Waals surface area contributed by atoms with Crippen molar-refractivity contribution in [1.29, 1.82) is 0 Å². The van der Waals surface area contributed by atoms with Crippen LogP contribution in [0, 0.1) is 20.8 Å². The minimum Gasteiger partial charge on any atom is -0.393 e. The van der Waals surface area contributed by atoms with Crippen molar-refractivity contribution in [3.63, 3.8) is 0 Å². The van der Waals surface area contributed by atoms with Gasteiger partial charge in [-0.2, -0.15) is 0 Å². The molecule has 0 saturated carbocycles. The Balaban J connectivity index is 1.86. The smallest absolute Gasteiger partial charge is 0.188 e. The fourth-order valence-electron chi connectivity index (χ4n) is 2.03. The molecule has 6 nitrogen and oxygen atoms in total. The summed E-state index contributed by atoms with van der Waals surface area (Å²) in [5.41, 5.74) is 9.41. The van der Waals surface area contributed by atoms with Gasteiger partial charge >= 0.3 is 0 Å². The zero-order valence-corrected chi connectivity index (χ0v) is 15.1. The molecule has 2 aromatic heterocycles. The molecule has 0 atom stereocenters. The van der Waals surface area contributed by atoms with Gasteiger partial charge in [0.15, 0.2) is 16.8 Å². The number of benzene rings is 1. The number of nitrogen functional groups attached to an aromatic ring is 1. The lowest BCUT2D eigenvalue weighted by Gasteiger charge is -2.12. The van der Waals surface area contributed by atoms with E-state index >= 15 is 0 Å². The molecule has 8 heteroatoms. The highest BCUT2D eigenvalue weighted by atomic mass is 35.5. The molecular formula is C16H17ClN6S. The third-order valence-corrected chi connectivity index (χ3v) is 4.97. The summed E-state index contributed by atoms with van der Waals surface area (Å²) < 4.78 is 0. The Bertz CT molecular complexity index is 873. The van der Waals surface area contributed by atoms with Crippen LogP contribution in [0.3, 0.4) is 0 Å². The number of nitrogens with zero attached hydrogens (tertiary/aromatic N) is 3. The van der Waals surface area contributed by atoms with Gasteiger partial charge in [-0.15, -0.1) is 11.3 Å². The first-order chi connectivity index (χ1) is 11.4. The highest BCUT2D eigenvalue weighted by Crippen LogP contribution is 2.31. The van der Waals surface area contributed by atoms with Crippen molar-refractivity contribution in [3.8, 4) is 0 Å². The average Bonchev–Trinajstić information content (AvgIpc) is 2.85. The van der Waals surface area contributed by atoms with Gasteiger partial charge in [-0.25, -0.2) is 15.0 Å². The van der Waals surface area contributed by atoms with Crippen molar-refractivity contribution >= 4 is 51.1 Å². The van der Waals surface area contributed by atoms with Gasteiger partial charge in [0.05, 0.1) is 5.69 Å². The van der Waals surface area contributed by atoms with Crippen molar-refractivity contribution in [2.45, 2.75) is 20.8 Å². The first kappa shape index (κ1) is 16.5. The van der Waals surface area contributed by atoms with Crippen molar-refractivity contribution in [3.05, 3.63) is 45.7 Å². The lowest BCUT2D eigenvalue weighted by atomic mass is 10.2. The van der Waals surface area contributed by atoms with Gasteiger partial charge in [0.25, 0.3) is 0 Å². The van der Waals surface area contributed by atoms with E-state index in [-0.39, 0.29) is 0 Å². The van der Waals surface area contributed by atoms with E-state index in [2.05, 4.69) is 25.6 Å². The van der Waals surface area contributed by atoms with E-state index in [1.54, 1.807) is 11.3 Å². The van der Waals surface area contributed by atoms with Crippen LogP contribution in [-0.2, 0) is 0 Å². The zero-order valence-electron chi connectivity index (χ0n) is 13.5. The summed E-state index contributed by atoms with van der Waals surface area (Å²) in [7, 11) is 0. The Kier molecular flexibility index (Phi) is 4.55. The predicted molar refractivity (Wildman–Crippen MR) is 101 cm³/mol. The average molecular weight is 361 g/mol. The number of hydrogen-bond acceptors (Lipinski definition) is 7. The summed E-state index contributed by atoms with van der Waals surface area (Å²) >= 11 is 7.71. The molecule has 1 aromatic carbocycles. The minimum atomic E-state index is 0.416. The van der Waals surface area contributed by atoms with Gasteiger partial charge in [-0.3, -0.25) is 0 Å². The van der Waals surface area contributed by atoms with Crippen LogP contribution in [0.4, 0.5) is 28.1 Å². The van der Waals surface area contributed by atoms with Crippen LogP contribution in [0.2, 0.25) is 5.02 Å². The third-order valence-electron chi connectivity index (χ3n) is 3.57. The van der Waals surface area contributed by atoms with Crippen molar-refractivity contribution in [2.75, 3.05) is 16.4 Å². The number of hydrogen-bond donors (Lipinski definition) is 3. The number of aryl methyl sites for hydroxylation is 3. The first-order valence-corrected chi connectivity index (χ1v) is 8.48. The van der Waals surface area contributed by atoms with Gasteiger partial charge < -0.3 is 16.4 Å². The van der Waals surface area contributed by atoms with Gasteiger partial charge in [-0.1, -0.05) is 17.7 Å². The maximum absolute atomic E-state index is 6.19. The minimum absolute atomic E-state index is 0.416. The SMILES string of the molecule is Cc1ccc(Nc2ncnc(Nc3nc(C)c(C)s3)c2N)cc1Cl. The summed E-state index contributed by atoms with van der Waals surface area (Å²) in [4.78, 5) is 14.0. The van der Waals surface area contributed by atoms with Gasteiger partial charge in [-0.05, 0) is 38.5 Å². The first-order valence-electron chi connectivity index (χ1n) is 7.28. The van der Waals surface area contributed by atoms with E-state index in [1.807, 2.05) is 39.0 Å². The molecule has 0 saturated heterocycles. The van der Waals surface area contributed by atoms with Gasteiger partial charge in [0.2, 0.25) is 0 Å². The van der Waals surface area contributed by atoms with E-state index in [4.69, 9.17) is 17.3 Å². The molecule has 0 aliphatic carbocycles. The lowest BCUT2D eigenvalue weighted by molar-refractivity contribution is 1.16. The third kappa shape index (κ3) is 3.42. The van der Waals surface area contributed by atoms with Crippen molar-refractivity contribution in [1.82, 2.24) is 15.0 Å². The maximum Gasteiger partial charge on any atom is 0.188 e. The summed E-state index contributed by atoms with van der Waals surface area (Å²) in [5.74, 6) is 1.02. The molecule has 0 amide bonds. The summed E-state index contributed by atoms with van der Waals surface area (Å²) in [6, 6.07) is 5.69. The van der Waals surface area contributed by atoms with Crippen LogP contribution in [0.1, 0.15) is 16.1 Å². The maximum atomic E-state index is 6.19. The van der Waals surface area contributed by atoms with Crippen LogP contribution in [0.5, 0.6) is 0 Å². The van der Waals surface area contributed by atoms with E-state index < -0.39 is 0 Å². The molecule has 124 valence electrons. The molecule has 0 radical (unpaired) electrons. The lowest BCUT2D eigenvalue weighted by Crippen LogP contribution is -2.05. The number of aromatic nitrogens is 3. The van der Waals surface area contributed by atoms with Gasteiger partial charge in [0, 0.05) is 15.6 Å². The molecule has 0 bridgehead atoms. The number of anilines is 5. The number of nitrogens with two attached hydrogens (primary N) is 1. The van der Waals surface area contributed by atoms with Crippen LogP contribution in [0.25, 0.3) is 0 Å². The van der Waals surface area contributed by atoms with Crippen LogP contribution >= 0.6 is 22.9 Å². The Hall–Kier alpha value is -2.38. The standard InChI is InChI=1S/C16H17ClN6S/c1-8-4-5-11(6-12(8)17)22-14-13(18)15(20-7-19-14)23-16-21-9(2)10(3)24-16/h4-7H,18H2,1-3H3,(H2,19,20,21,22,23). The fraction of sp³-hybridized carbons (Fsp3) is 0.188. The molecule has 24 heavy (non-hydrogen) atoms. The van der Waals surface area contributed by atoms with Crippen LogP contribution in [-0.4, -0.2) is 15.0 Å². The van der Waals surface area contributed by atoms with E-state index in [9.17, 15) is 0 Å². The summed E-state index contributed by atoms with van der Waals surface area (Å²) in [5, 5.41) is 7.74. The number of rotatable bonds is 4. The predicted octanol–water partition coefficient (Wildman–Crippen LogP) is 4.58. The van der Waals surface area contributed by atoms with Crippen LogP contribution < -0.4 is 16.4 Å². The monoisotopic (exact) mass is 360 g/mol. The second-order valence-corrected chi connectivity index (χ2v) is 6.97. The van der Waals surface area contributed by atoms with Crippen molar-refractivity contribution < 1.29 is 0 Å². The number of nitrogens with one attached hydrogen (secondary N) is 2. The zero-order chi connectivity index (χ0) is 17.3. The quantitative estimate of drug-likeness (QED) is 0.631. The van der Waals surface area contributed by atoms with Crippen LogP contribution in [0.15, 0.2) is 24.5 Å². The van der Waals surface area contributed by atoms with E-state index in [0.717, 1.165) is 27.0 Å². The molecule has 0 fully saturated rings. The molecule has 0 spiro atoms. The molecule has 4 N–H and O–H groups in total. The Morgan fingerprint density at radius 1 is 1.08 bits per heavy atom. The normalized spacial score (nSPS) is 10.7. The topological polar surface area (TPSA) is 88.8 Å². The van der Waals surface area contributed by atoms with Gasteiger partial charge in [0.1, 0.15) is 12.0 Å². The Labute approximate surface area is 149 Å².